The van der Waals surface area contributed by atoms with Crippen molar-refractivity contribution in [3.05, 3.63) is 59.8 Å². The number of rotatable bonds is 6. The first-order chi connectivity index (χ1) is 10.4. The van der Waals surface area contributed by atoms with Crippen LogP contribution < -0.4 is 10.0 Å². The lowest BCUT2D eigenvalue weighted by atomic mass is 10.2. The zero-order valence-electron chi connectivity index (χ0n) is 12.0. The van der Waals surface area contributed by atoms with E-state index in [1.807, 2.05) is 0 Å². The first-order valence-corrected chi connectivity index (χ1v) is 8.38. The molecule has 2 N–H and O–H groups in total. The van der Waals surface area contributed by atoms with Crippen molar-refractivity contribution in [2.24, 2.45) is 0 Å². The second-order valence-corrected chi connectivity index (χ2v) is 6.71. The lowest BCUT2D eigenvalue weighted by Gasteiger charge is -2.09. The van der Waals surface area contributed by atoms with E-state index in [-0.39, 0.29) is 10.7 Å². The lowest BCUT2D eigenvalue weighted by molar-refractivity contribution is 0.601. The highest BCUT2D eigenvalue weighted by atomic mass is 35.5. The minimum absolute atomic E-state index is 0.144. The Kier molecular flexibility index (Phi) is 5.05. The molecule has 0 saturated heterocycles. The fourth-order valence-corrected chi connectivity index (χ4v) is 2.94. The normalized spacial score (nSPS) is 11.0. The van der Waals surface area contributed by atoms with Crippen LogP contribution in [0.5, 0.6) is 0 Å². The van der Waals surface area contributed by atoms with Gasteiger partial charge in [0.05, 0.1) is 16.8 Å². The van der Waals surface area contributed by atoms with E-state index in [1.54, 1.807) is 37.4 Å². The van der Waals surface area contributed by atoms with Crippen LogP contribution >= 0.6 is 11.6 Å². The molecule has 0 radical (unpaired) electrons. The number of nitrogens with zero attached hydrogens (tertiary/aromatic N) is 1. The minimum atomic E-state index is -3.69. The number of hydrogen-bond donors (Lipinski definition) is 2. The van der Waals surface area contributed by atoms with Crippen molar-refractivity contribution < 1.29 is 8.42 Å². The first kappa shape index (κ1) is 16.3. The molecule has 0 saturated carbocycles. The van der Waals surface area contributed by atoms with E-state index in [9.17, 15) is 8.42 Å². The molecule has 1 aromatic carbocycles. The van der Waals surface area contributed by atoms with Gasteiger partial charge >= 0.3 is 0 Å². The van der Waals surface area contributed by atoms with Crippen LogP contribution in [0.25, 0.3) is 0 Å². The first-order valence-electron chi connectivity index (χ1n) is 6.52. The molecule has 1 aromatic heterocycles. The van der Waals surface area contributed by atoms with E-state index in [0.717, 1.165) is 5.69 Å². The summed E-state index contributed by atoms with van der Waals surface area (Å²) in [6, 6.07) is 7.86. The van der Waals surface area contributed by atoms with E-state index < -0.39 is 10.0 Å². The Morgan fingerprint density at radius 2 is 2.09 bits per heavy atom. The largest absolute Gasteiger partial charge is 0.380 e. The molecule has 22 heavy (non-hydrogen) atoms. The highest BCUT2D eigenvalue weighted by Crippen LogP contribution is 2.21. The van der Waals surface area contributed by atoms with E-state index in [1.165, 1.54) is 12.1 Å². The number of hydrogen-bond acceptors (Lipinski definition) is 4. The zero-order chi connectivity index (χ0) is 16.2. The average Bonchev–Trinajstić information content (AvgIpc) is 2.49. The third-order valence-electron chi connectivity index (χ3n) is 2.89. The summed E-state index contributed by atoms with van der Waals surface area (Å²) in [4.78, 5) is 4.21. The summed E-state index contributed by atoms with van der Waals surface area (Å²) < 4.78 is 27.0. The smallest absolute Gasteiger partial charge is 0.263 e. The Hall–Kier alpha value is -2.05. The van der Waals surface area contributed by atoms with Crippen molar-refractivity contribution in [3.63, 3.8) is 0 Å². The van der Waals surface area contributed by atoms with Crippen molar-refractivity contribution in [1.29, 1.82) is 0 Å². The zero-order valence-corrected chi connectivity index (χ0v) is 13.6. The molecule has 116 valence electrons. The molecule has 0 fully saturated rings. The van der Waals surface area contributed by atoms with Gasteiger partial charge in [0.15, 0.2) is 0 Å². The number of halogens is 1. The summed E-state index contributed by atoms with van der Waals surface area (Å²) in [5, 5.41) is 3.58. The molecule has 0 aliphatic carbocycles. The second-order valence-electron chi connectivity index (χ2n) is 4.62. The molecule has 2 aromatic rings. The van der Waals surface area contributed by atoms with Crippen LogP contribution in [-0.2, 0) is 10.0 Å². The van der Waals surface area contributed by atoms with Gasteiger partial charge in [-0.25, -0.2) is 13.4 Å². The average molecular weight is 338 g/mol. The molecule has 0 unspecified atom stereocenters. The third-order valence-corrected chi connectivity index (χ3v) is 4.67. The highest BCUT2D eigenvalue weighted by Gasteiger charge is 2.15. The Balaban J connectivity index is 2.17. The van der Waals surface area contributed by atoms with E-state index in [4.69, 9.17) is 11.6 Å². The Bertz CT molecular complexity index is 774. The maximum Gasteiger partial charge on any atom is 0.263 e. The number of pyridine rings is 1. The molecular weight excluding hydrogens is 322 g/mol. The van der Waals surface area contributed by atoms with Crippen LogP contribution in [0.3, 0.4) is 0 Å². The standard InChI is InChI=1S/C15H16ClN3O2S/c1-3-8-17-12-4-7-15(18-10-12)19-22(20,21)13-5-6-14(16)11(2)9-13/h3-7,9-10,17H,1,8H2,2H3,(H,18,19). The van der Waals surface area contributed by atoms with Gasteiger partial charge in [-0.2, -0.15) is 0 Å². The molecule has 7 heteroatoms. The number of nitrogens with one attached hydrogen (secondary N) is 2. The van der Waals surface area contributed by atoms with Crippen molar-refractivity contribution in [3.8, 4) is 0 Å². The van der Waals surface area contributed by atoms with Gasteiger partial charge in [0.1, 0.15) is 5.82 Å². The van der Waals surface area contributed by atoms with Crippen molar-refractivity contribution >= 4 is 33.1 Å². The van der Waals surface area contributed by atoms with Gasteiger partial charge in [-0.05, 0) is 42.8 Å². The van der Waals surface area contributed by atoms with Crippen LogP contribution in [0.1, 0.15) is 5.56 Å². The molecule has 5 nitrogen and oxygen atoms in total. The highest BCUT2D eigenvalue weighted by molar-refractivity contribution is 7.92. The Morgan fingerprint density at radius 1 is 1.32 bits per heavy atom. The molecule has 1 heterocycles. The van der Waals surface area contributed by atoms with E-state index in [0.29, 0.717) is 17.1 Å². The van der Waals surface area contributed by atoms with E-state index in [2.05, 4.69) is 21.6 Å². The van der Waals surface area contributed by atoms with Crippen molar-refractivity contribution in [1.82, 2.24) is 4.98 Å². The van der Waals surface area contributed by atoms with Gasteiger partial charge in [-0.15, -0.1) is 6.58 Å². The second kappa shape index (κ2) is 6.81. The summed E-state index contributed by atoms with van der Waals surface area (Å²) >= 11 is 5.91. The molecule has 0 aliphatic rings. The maximum absolute atomic E-state index is 12.3. The molecule has 0 bridgehead atoms. The summed E-state index contributed by atoms with van der Waals surface area (Å²) in [6.45, 7) is 5.96. The lowest BCUT2D eigenvalue weighted by Crippen LogP contribution is -2.14. The molecule has 0 amide bonds. The predicted octanol–water partition coefficient (Wildman–Crippen LogP) is 3.44. The maximum atomic E-state index is 12.3. The molecule has 0 spiro atoms. The van der Waals surface area contributed by atoms with Gasteiger partial charge in [0.25, 0.3) is 10.0 Å². The van der Waals surface area contributed by atoms with Gasteiger partial charge < -0.3 is 5.32 Å². The van der Waals surface area contributed by atoms with E-state index >= 15 is 0 Å². The predicted molar refractivity (Wildman–Crippen MR) is 89.9 cm³/mol. The van der Waals surface area contributed by atoms with Crippen LogP contribution in [-0.4, -0.2) is 19.9 Å². The molecule has 0 aliphatic heterocycles. The SMILES string of the molecule is C=CCNc1ccc(NS(=O)(=O)c2ccc(Cl)c(C)c2)nc1. The van der Waals surface area contributed by atoms with Gasteiger partial charge in [-0.1, -0.05) is 17.7 Å². The van der Waals surface area contributed by atoms with Crippen LogP contribution in [0, 0.1) is 6.92 Å². The fraction of sp³-hybridized carbons (Fsp3) is 0.133. The third kappa shape index (κ3) is 3.99. The monoisotopic (exact) mass is 337 g/mol. The number of aryl methyl sites for hydroxylation is 1. The number of aromatic nitrogens is 1. The van der Waals surface area contributed by atoms with Gasteiger partial charge in [0, 0.05) is 11.6 Å². The topological polar surface area (TPSA) is 71.1 Å². The quantitative estimate of drug-likeness (QED) is 0.792. The minimum Gasteiger partial charge on any atom is -0.380 e. The van der Waals surface area contributed by atoms with Gasteiger partial charge in [-0.3, -0.25) is 4.72 Å². The van der Waals surface area contributed by atoms with Crippen LogP contribution in [0.15, 0.2) is 54.1 Å². The van der Waals surface area contributed by atoms with Crippen LogP contribution in [0.2, 0.25) is 5.02 Å². The van der Waals surface area contributed by atoms with Gasteiger partial charge in [0.2, 0.25) is 0 Å². The Morgan fingerprint density at radius 3 is 2.68 bits per heavy atom. The number of benzene rings is 1. The Labute approximate surface area is 135 Å². The van der Waals surface area contributed by atoms with Crippen molar-refractivity contribution in [2.75, 3.05) is 16.6 Å². The number of anilines is 2. The fourth-order valence-electron chi connectivity index (χ4n) is 1.73. The summed E-state index contributed by atoms with van der Waals surface area (Å²) in [7, 11) is -3.69. The summed E-state index contributed by atoms with van der Waals surface area (Å²) in [5.74, 6) is 0.247. The summed E-state index contributed by atoms with van der Waals surface area (Å²) in [5.41, 5.74) is 1.48. The summed E-state index contributed by atoms with van der Waals surface area (Å²) in [6.07, 6.45) is 3.27. The molecular formula is C15H16ClN3O2S. The molecule has 0 atom stereocenters. The number of sulfonamides is 1. The van der Waals surface area contributed by atoms with Crippen LogP contribution in [0.4, 0.5) is 11.5 Å². The molecule has 2 rings (SSSR count). The van der Waals surface area contributed by atoms with Crippen molar-refractivity contribution in [2.45, 2.75) is 11.8 Å².